The summed E-state index contributed by atoms with van der Waals surface area (Å²) in [5.41, 5.74) is 1.58. The van der Waals surface area contributed by atoms with E-state index in [2.05, 4.69) is 20.8 Å². The number of carbonyl (C=O) groups is 2. The Kier molecular flexibility index (Phi) is 8.21. The summed E-state index contributed by atoms with van der Waals surface area (Å²) in [6.07, 6.45) is 5.68. The number of esters is 1. The predicted octanol–water partition coefficient (Wildman–Crippen LogP) is 6.60. The monoisotopic (exact) mass is 508 g/mol. The van der Waals surface area contributed by atoms with Crippen molar-refractivity contribution in [3.8, 4) is 0 Å². The zero-order valence-electron chi connectivity index (χ0n) is 21.4. The van der Waals surface area contributed by atoms with E-state index in [1.54, 1.807) is 12.1 Å². The Balaban J connectivity index is 1.24. The van der Waals surface area contributed by atoms with Gasteiger partial charge < -0.3 is 19.8 Å². The van der Waals surface area contributed by atoms with E-state index in [4.69, 9.17) is 9.15 Å². The minimum absolute atomic E-state index is 0.0766. The lowest BCUT2D eigenvalue weighted by Crippen LogP contribution is -2.24. The number of carbonyl (C=O) groups excluding carboxylic acids is 2. The van der Waals surface area contributed by atoms with Gasteiger partial charge >= 0.3 is 23.8 Å². The number of halogens is 1. The Morgan fingerprint density at radius 3 is 2.41 bits per heavy atom. The van der Waals surface area contributed by atoms with Crippen molar-refractivity contribution < 1.29 is 23.1 Å². The maximum absolute atomic E-state index is 13.8. The fourth-order valence-corrected chi connectivity index (χ4v) is 4.57. The van der Waals surface area contributed by atoms with E-state index >= 15 is 0 Å². The Bertz CT molecular complexity index is 1210. The summed E-state index contributed by atoms with van der Waals surface area (Å²) in [5, 5.41) is 12.9. The lowest BCUT2D eigenvalue weighted by Gasteiger charge is -2.29. The summed E-state index contributed by atoms with van der Waals surface area (Å²) in [7, 11) is 0. The van der Waals surface area contributed by atoms with Crippen LogP contribution in [0.3, 0.4) is 0 Å². The van der Waals surface area contributed by atoms with E-state index in [1.165, 1.54) is 17.7 Å². The SMILES string of the molecule is CC(C)(C)OC(=O)CCC1CCC(c2ccc(NC(=O)c3nnc(Nc4ccccc4F)o3)cc2)CC1. The Hall–Kier alpha value is -3.75. The average molecular weight is 509 g/mol. The van der Waals surface area contributed by atoms with Gasteiger partial charge in [-0.15, -0.1) is 5.10 Å². The molecule has 0 bridgehead atoms. The number of benzene rings is 2. The second kappa shape index (κ2) is 11.5. The molecule has 3 aromatic rings. The van der Waals surface area contributed by atoms with Crippen molar-refractivity contribution in [2.45, 2.75) is 70.8 Å². The molecule has 8 nitrogen and oxygen atoms in total. The van der Waals surface area contributed by atoms with Crippen molar-refractivity contribution in [3.63, 3.8) is 0 Å². The Morgan fingerprint density at radius 1 is 1.03 bits per heavy atom. The summed E-state index contributed by atoms with van der Waals surface area (Å²) >= 11 is 0. The molecule has 0 saturated heterocycles. The van der Waals surface area contributed by atoms with Gasteiger partial charge in [-0.25, -0.2) is 4.39 Å². The number of hydrogen-bond donors (Lipinski definition) is 2. The Labute approximate surface area is 216 Å². The molecule has 0 aliphatic heterocycles. The summed E-state index contributed by atoms with van der Waals surface area (Å²) in [4.78, 5) is 24.5. The second-order valence-corrected chi connectivity index (χ2v) is 10.4. The van der Waals surface area contributed by atoms with Crippen LogP contribution in [0.25, 0.3) is 0 Å². The molecule has 2 N–H and O–H groups in total. The topological polar surface area (TPSA) is 106 Å². The number of anilines is 3. The predicted molar refractivity (Wildman–Crippen MR) is 138 cm³/mol. The van der Waals surface area contributed by atoms with E-state index < -0.39 is 17.3 Å². The van der Waals surface area contributed by atoms with Gasteiger partial charge in [0, 0.05) is 12.1 Å². The van der Waals surface area contributed by atoms with Crippen LogP contribution in [-0.4, -0.2) is 27.7 Å². The highest BCUT2D eigenvalue weighted by Gasteiger charge is 2.24. The zero-order chi connectivity index (χ0) is 26.4. The quantitative estimate of drug-likeness (QED) is 0.330. The molecule has 1 aliphatic carbocycles. The maximum atomic E-state index is 13.8. The van der Waals surface area contributed by atoms with Crippen LogP contribution in [0.15, 0.2) is 52.9 Å². The number of amides is 1. The van der Waals surface area contributed by atoms with Gasteiger partial charge in [-0.2, -0.15) is 0 Å². The largest absolute Gasteiger partial charge is 0.460 e. The van der Waals surface area contributed by atoms with Gasteiger partial charge in [0.2, 0.25) is 0 Å². The molecule has 0 radical (unpaired) electrons. The molecule has 1 heterocycles. The molecular weight excluding hydrogens is 475 g/mol. The molecule has 1 fully saturated rings. The minimum Gasteiger partial charge on any atom is -0.460 e. The summed E-state index contributed by atoms with van der Waals surface area (Å²) in [5.74, 6) is -0.355. The van der Waals surface area contributed by atoms with E-state index in [0.717, 1.165) is 32.1 Å². The first-order valence-electron chi connectivity index (χ1n) is 12.6. The number of rotatable bonds is 8. The molecule has 0 unspecified atom stereocenters. The van der Waals surface area contributed by atoms with Crippen LogP contribution in [-0.2, 0) is 9.53 Å². The lowest BCUT2D eigenvalue weighted by atomic mass is 9.77. The standard InChI is InChI=1S/C28H33FN4O4/c1-28(2,3)37-24(34)17-10-18-8-11-19(12-9-18)20-13-15-21(16-14-20)30-25(35)26-32-33-27(36-26)31-23-7-5-4-6-22(23)29/h4-7,13-16,18-19H,8-12,17H2,1-3H3,(H,30,35)(H,31,33). The molecule has 2 aromatic carbocycles. The molecular formula is C28H33FN4O4. The van der Waals surface area contributed by atoms with E-state index in [1.807, 2.05) is 45.0 Å². The van der Waals surface area contributed by atoms with E-state index in [0.29, 0.717) is 23.9 Å². The van der Waals surface area contributed by atoms with Gasteiger partial charge in [-0.05, 0) is 94.5 Å². The van der Waals surface area contributed by atoms with Crippen molar-refractivity contribution >= 4 is 29.3 Å². The first-order valence-corrected chi connectivity index (χ1v) is 12.6. The molecule has 1 aromatic heterocycles. The lowest BCUT2D eigenvalue weighted by molar-refractivity contribution is -0.155. The van der Waals surface area contributed by atoms with Gasteiger partial charge in [-0.3, -0.25) is 9.59 Å². The average Bonchev–Trinajstić information content (AvgIpc) is 3.33. The van der Waals surface area contributed by atoms with E-state index in [9.17, 15) is 14.0 Å². The second-order valence-electron chi connectivity index (χ2n) is 10.4. The van der Waals surface area contributed by atoms with Crippen molar-refractivity contribution in [2.75, 3.05) is 10.6 Å². The van der Waals surface area contributed by atoms with Crippen molar-refractivity contribution in [1.29, 1.82) is 0 Å². The third kappa shape index (κ3) is 7.62. The fraction of sp³-hybridized carbons (Fsp3) is 0.429. The van der Waals surface area contributed by atoms with Crippen LogP contribution < -0.4 is 10.6 Å². The normalized spacial score (nSPS) is 17.7. The van der Waals surface area contributed by atoms with Crippen LogP contribution in [0.5, 0.6) is 0 Å². The summed E-state index contributed by atoms with van der Waals surface area (Å²) in [6, 6.07) is 13.8. The molecule has 196 valence electrons. The smallest absolute Gasteiger partial charge is 0.320 e. The third-order valence-corrected chi connectivity index (χ3v) is 6.40. The number of para-hydroxylation sites is 1. The van der Waals surface area contributed by atoms with Crippen LogP contribution in [0.4, 0.5) is 21.8 Å². The first-order chi connectivity index (χ1) is 17.7. The highest BCUT2D eigenvalue weighted by Crippen LogP contribution is 2.38. The molecule has 37 heavy (non-hydrogen) atoms. The molecule has 1 amide bonds. The summed E-state index contributed by atoms with van der Waals surface area (Å²) < 4.78 is 24.5. The highest BCUT2D eigenvalue weighted by atomic mass is 19.1. The van der Waals surface area contributed by atoms with Gasteiger partial charge in [-0.1, -0.05) is 29.4 Å². The minimum atomic E-state index is -0.549. The molecule has 0 spiro atoms. The van der Waals surface area contributed by atoms with Crippen molar-refractivity contribution in [3.05, 3.63) is 65.8 Å². The van der Waals surface area contributed by atoms with Crippen molar-refractivity contribution in [1.82, 2.24) is 10.2 Å². The maximum Gasteiger partial charge on any atom is 0.320 e. The molecule has 9 heteroatoms. The number of aromatic nitrogens is 2. The number of nitrogens with zero attached hydrogens (tertiary/aromatic N) is 2. The van der Waals surface area contributed by atoms with Crippen LogP contribution in [0.2, 0.25) is 0 Å². The highest BCUT2D eigenvalue weighted by molar-refractivity contribution is 6.00. The fourth-order valence-electron chi connectivity index (χ4n) is 4.57. The van der Waals surface area contributed by atoms with Crippen LogP contribution in [0, 0.1) is 11.7 Å². The van der Waals surface area contributed by atoms with Gasteiger partial charge in [0.25, 0.3) is 0 Å². The number of nitrogens with one attached hydrogen (secondary N) is 2. The molecule has 1 saturated carbocycles. The molecule has 1 aliphatic rings. The van der Waals surface area contributed by atoms with Crippen molar-refractivity contribution in [2.24, 2.45) is 5.92 Å². The number of hydrogen-bond acceptors (Lipinski definition) is 7. The van der Waals surface area contributed by atoms with Gasteiger partial charge in [0.1, 0.15) is 11.4 Å². The van der Waals surface area contributed by atoms with Crippen LogP contribution in [0.1, 0.15) is 81.5 Å². The summed E-state index contributed by atoms with van der Waals surface area (Å²) in [6.45, 7) is 5.67. The number of ether oxygens (including phenoxy) is 1. The zero-order valence-corrected chi connectivity index (χ0v) is 21.4. The van der Waals surface area contributed by atoms with Gasteiger partial charge in [0.15, 0.2) is 0 Å². The first kappa shape index (κ1) is 26.3. The molecule has 4 rings (SSSR count). The van der Waals surface area contributed by atoms with Crippen LogP contribution >= 0.6 is 0 Å². The Morgan fingerprint density at radius 2 is 1.73 bits per heavy atom. The van der Waals surface area contributed by atoms with Gasteiger partial charge in [0.05, 0.1) is 5.69 Å². The van der Waals surface area contributed by atoms with E-state index in [-0.39, 0.29) is 23.6 Å². The third-order valence-electron chi connectivity index (χ3n) is 6.40. The molecule has 0 atom stereocenters.